The Balaban J connectivity index is 2.27. The lowest BCUT2D eigenvalue weighted by Crippen LogP contribution is -1.79. The molecule has 0 unspecified atom stereocenters. The standard InChI is InChI=1S/C12H5BrClFN2O/c13-9-8-11(14)16-5-17-12(8)18-10(9)6-1-3-7(15)4-2-6/h1-5H. The molecule has 2 heterocycles. The molecule has 90 valence electrons. The van der Waals surface area contributed by atoms with Gasteiger partial charge in [-0.25, -0.2) is 14.4 Å². The van der Waals surface area contributed by atoms with E-state index in [0.717, 1.165) is 5.56 Å². The summed E-state index contributed by atoms with van der Waals surface area (Å²) in [6.45, 7) is 0. The maximum Gasteiger partial charge on any atom is 0.232 e. The van der Waals surface area contributed by atoms with Crippen LogP contribution >= 0.6 is 27.5 Å². The van der Waals surface area contributed by atoms with Crippen molar-refractivity contribution >= 4 is 38.6 Å². The summed E-state index contributed by atoms with van der Waals surface area (Å²) in [5, 5.41) is 0.919. The number of benzene rings is 1. The summed E-state index contributed by atoms with van der Waals surface area (Å²) in [6, 6.07) is 5.97. The Labute approximate surface area is 115 Å². The van der Waals surface area contributed by atoms with Gasteiger partial charge in [-0.1, -0.05) is 11.6 Å². The maximum atomic E-state index is 12.9. The second-order valence-electron chi connectivity index (χ2n) is 3.60. The fourth-order valence-corrected chi connectivity index (χ4v) is 2.65. The maximum absolute atomic E-state index is 12.9. The Kier molecular flexibility index (Phi) is 2.80. The third-order valence-electron chi connectivity index (χ3n) is 2.49. The highest BCUT2D eigenvalue weighted by molar-refractivity contribution is 9.10. The second kappa shape index (κ2) is 4.33. The highest BCUT2D eigenvalue weighted by Gasteiger charge is 2.17. The van der Waals surface area contributed by atoms with Gasteiger partial charge < -0.3 is 4.42 Å². The van der Waals surface area contributed by atoms with Crippen molar-refractivity contribution in [2.45, 2.75) is 0 Å². The molecule has 3 aromatic rings. The Hall–Kier alpha value is -1.46. The smallest absolute Gasteiger partial charge is 0.232 e. The van der Waals surface area contributed by atoms with Gasteiger partial charge in [0, 0.05) is 5.56 Å². The number of hydrogen-bond acceptors (Lipinski definition) is 3. The number of furan rings is 1. The van der Waals surface area contributed by atoms with Gasteiger partial charge in [0.15, 0.2) is 5.76 Å². The minimum absolute atomic E-state index is 0.302. The monoisotopic (exact) mass is 326 g/mol. The van der Waals surface area contributed by atoms with E-state index in [4.69, 9.17) is 16.0 Å². The zero-order valence-electron chi connectivity index (χ0n) is 8.82. The van der Waals surface area contributed by atoms with Crippen molar-refractivity contribution in [3.63, 3.8) is 0 Å². The van der Waals surface area contributed by atoms with E-state index < -0.39 is 0 Å². The minimum atomic E-state index is -0.302. The topological polar surface area (TPSA) is 38.9 Å². The molecule has 1 aromatic carbocycles. The molecule has 0 aliphatic carbocycles. The molecule has 18 heavy (non-hydrogen) atoms. The highest BCUT2D eigenvalue weighted by atomic mass is 79.9. The fraction of sp³-hybridized carbons (Fsp3) is 0. The highest BCUT2D eigenvalue weighted by Crippen LogP contribution is 2.39. The van der Waals surface area contributed by atoms with Crippen LogP contribution in [0.15, 0.2) is 39.5 Å². The fourth-order valence-electron chi connectivity index (χ4n) is 1.65. The number of aromatic nitrogens is 2. The third-order valence-corrected chi connectivity index (χ3v) is 3.53. The first-order valence-corrected chi connectivity index (χ1v) is 6.18. The summed E-state index contributed by atoms with van der Waals surface area (Å²) in [4.78, 5) is 7.89. The Bertz CT molecular complexity index is 727. The van der Waals surface area contributed by atoms with Crippen LogP contribution in [0.1, 0.15) is 0 Å². The van der Waals surface area contributed by atoms with E-state index in [2.05, 4.69) is 25.9 Å². The molecule has 2 aromatic heterocycles. The van der Waals surface area contributed by atoms with E-state index >= 15 is 0 Å². The minimum Gasteiger partial charge on any atom is -0.436 e. The first kappa shape index (κ1) is 11.6. The first-order valence-electron chi connectivity index (χ1n) is 5.01. The summed E-state index contributed by atoms with van der Waals surface area (Å²) in [6.07, 6.45) is 1.33. The summed E-state index contributed by atoms with van der Waals surface area (Å²) in [7, 11) is 0. The zero-order valence-corrected chi connectivity index (χ0v) is 11.2. The summed E-state index contributed by atoms with van der Waals surface area (Å²) in [5.41, 5.74) is 1.12. The van der Waals surface area contributed by atoms with Crippen LogP contribution in [0.2, 0.25) is 5.15 Å². The Morgan fingerprint density at radius 1 is 1.17 bits per heavy atom. The van der Waals surface area contributed by atoms with Crippen LogP contribution < -0.4 is 0 Å². The van der Waals surface area contributed by atoms with Crippen LogP contribution in [0, 0.1) is 5.82 Å². The Morgan fingerprint density at radius 3 is 2.56 bits per heavy atom. The van der Waals surface area contributed by atoms with Crippen molar-refractivity contribution in [3.05, 3.63) is 46.0 Å². The molecule has 0 N–H and O–H groups in total. The quantitative estimate of drug-likeness (QED) is 0.620. The average Bonchev–Trinajstić information content (AvgIpc) is 2.69. The SMILES string of the molecule is Fc1ccc(-c2oc3ncnc(Cl)c3c2Br)cc1. The van der Waals surface area contributed by atoms with Gasteiger partial charge in [0.1, 0.15) is 17.3 Å². The van der Waals surface area contributed by atoms with Crippen molar-refractivity contribution < 1.29 is 8.81 Å². The summed E-state index contributed by atoms with van der Waals surface area (Å²) >= 11 is 9.39. The summed E-state index contributed by atoms with van der Waals surface area (Å²) in [5.74, 6) is 0.246. The van der Waals surface area contributed by atoms with E-state index in [0.29, 0.717) is 26.5 Å². The lowest BCUT2D eigenvalue weighted by Gasteiger charge is -1.97. The molecular weight excluding hydrogens is 322 g/mol. The van der Waals surface area contributed by atoms with E-state index in [1.54, 1.807) is 12.1 Å². The van der Waals surface area contributed by atoms with Gasteiger partial charge in [0.05, 0.1) is 9.86 Å². The molecule has 0 amide bonds. The van der Waals surface area contributed by atoms with E-state index in [1.165, 1.54) is 18.5 Å². The van der Waals surface area contributed by atoms with Crippen molar-refractivity contribution in [1.29, 1.82) is 0 Å². The number of hydrogen-bond donors (Lipinski definition) is 0. The summed E-state index contributed by atoms with van der Waals surface area (Å²) < 4.78 is 19.1. The van der Waals surface area contributed by atoms with E-state index in [9.17, 15) is 4.39 Å². The predicted molar refractivity (Wildman–Crippen MR) is 69.9 cm³/mol. The van der Waals surface area contributed by atoms with Gasteiger partial charge in [-0.2, -0.15) is 0 Å². The number of fused-ring (bicyclic) bond motifs is 1. The Morgan fingerprint density at radius 2 is 1.89 bits per heavy atom. The molecule has 0 saturated heterocycles. The van der Waals surface area contributed by atoms with Crippen LogP contribution in [-0.4, -0.2) is 9.97 Å². The van der Waals surface area contributed by atoms with Crippen LogP contribution in [0.4, 0.5) is 4.39 Å². The molecule has 0 saturated carbocycles. The second-order valence-corrected chi connectivity index (χ2v) is 4.75. The number of halogens is 3. The van der Waals surface area contributed by atoms with Gasteiger partial charge in [-0.3, -0.25) is 0 Å². The normalized spacial score (nSPS) is 11.1. The third kappa shape index (κ3) is 1.79. The molecule has 0 atom stereocenters. The van der Waals surface area contributed by atoms with Crippen molar-refractivity contribution in [1.82, 2.24) is 9.97 Å². The first-order chi connectivity index (χ1) is 8.66. The van der Waals surface area contributed by atoms with Crippen LogP contribution in [-0.2, 0) is 0 Å². The largest absolute Gasteiger partial charge is 0.436 e. The van der Waals surface area contributed by atoms with Gasteiger partial charge in [-0.15, -0.1) is 0 Å². The molecule has 0 radical (unpaired) electrons. The molecule has 0 spiro atoms. The van der Waals surface area contributed by atoms with Gasteiger partial charge >= 0.3 is 0 Å². The van der Waals surface area contributed by atoms with Crippen molar-refractivity contribution in [2.75, 3.05) is 0 Å². The lowest BCUT2D eigenvalue weighted by atomic mass is 10.1. The van der Waals surface area contributed by atoms with Gasteiger partial charge in [-0.05, 0) is 40.2 Å². The number of nitrogens with zero attached hydrogens (tertiary/aromatic N) is 2. The molecule has 0 aliphatic rings. The molecule has 0 aliphatic heterocycles. The lowest BCUT2D eigenvalue weighted by molar-refractivity contribution is 0.613. The van der Waals surface area contributed by atoms with Crippen LogP contribution in [0.5, 0.6) is 0 Å². The average molecular weight is 328 g/mol. The van der Waals surface area contributed by atoms with Crippen molar-refractivity contribution in [2.24, 2.45) is 0 Å². The molecule has 0 fully saturated rings. The molecular formula is C12H5BrClFN2O. The van der Waals surface area contributed by atoms with Gasteiger partial charge in [0.25, 0.3) is 0 Å². The van der Waals surface area contributed by atoms with Crippen LogP contribution in [0.3, 0.4) is 0 Å². The van der Waals surface area contributed by atoms with E-state index in [1.807, 2.05) is 0 Å². The van der Waals surface area contributed by atoms with Crippen LogP contribution in [0.25, 0.3) is 22.4 Å². The van der Waals surface area contributed by atoms with E-state index in [-0.39, 0.29) is 5.82 Å². The van der Waals surface area contributed by atoms with Gasteiger partial charge in [0.2, 0.25) is 5.71 Å². The predicted octanol–water partition coefficient (Wildman–Crippen LogP) is 4.44. The molecule has 3 nitrogen and oxygen atoms in total. The molecule has 3 rings (SSSR count). The molecule has 6 heteroatoms. The molecule has 0 bridgehead atoms. The van der Waals surface area contributed by atoms with Crippen molar-refractivity contribution in [3.8, 4) is 11.3 Å². The number of rotatable bonds is 1. The zero-order chi connectivity index (χ0) is 12.7.